The lowest BCUT2D eigenvalue weighted by Gasteiger charge is -2.09. The number of anilines is 1. The van der Waals surface area contributed by atoms with Crippen LogP contribution < -0.4 is 5.32 Å². The summed E-state index contributed by atoms with van der Waals surface area (Å²) in [4.78, 5) is 10.8. The van der Waals surface area contributed by atoms with E-state index in [9.17, 15) is 4.79 Å². The van der Waals surface area contributed by atoms with Gasteiger partial charge in [0.05, 0.1) is 6.61 Å². The summed E-state index contributed by atoms with van der Waals surface area (Å²) in [6.45, 7) is 3.33. The van der Waals surface area contributed by atoms with Gasteiger partial charge in [0.2, 0.25) is 5.91 Å². The summed E-state index contributed by atoms with van der Waals surface area (Å²) in [5, 5.41) is 11.7. The van der Waals surface area contributed by atoms with Gasteiger partial charge in [-0.05, 0) is 24.1 Å². The molecule has 3 nitrogen and oxygen atoms in total. The topological polar surface area (TPSA) is 49.3 Å². The molecule has 0 saturated heterocycles. The molecule has 3 heteroatoms. The maximum Gasteiger partial charge on any atom is 0.221 e. The van der Waals surface area contributed by atoms with Crippen molar-refractivity contribution in [1.29, 1.82) is 0 Å². The van der Waals surface area contributed by atoms with Crippen molar-refractivity contribution in [2.45, 2.75) is 20.5 Å². The zero-order valence-corrected chi connectivity index (χ0v) is 7.79. The van der Waals surface area contributed by atoms with Crippen LogP contribution in [0.4, 0.5) is 5.69 Å². The molecule has 0 heterocycles. The van der Waals surface area contributed by atoms with Crippen LogP contribution in [0.25, 0.3) is 0 Å². The van der Waals surface area contributed by atoms with Crippen LogP contribution in [0, 0.1) is 6.92 Å². The van der Waals surface area contributed by atoms with Gasteiger partial charge in [-0.3, -0.25) is 4.79 Å². The van der Waals surface area contributed by atoms with Gasteiger partial charge in [0, 0.05) is 12.6 Å². The molecule has 0 aliphatic rings. The minimum atomic E-state index is -0.0989. The zero-order valence-electron chi connectivity index (χ0n) is 7.79. The summed E-state index contributed by atoms with van der Waals surface area (Å²) in [6.07, 6.45) is 0. The molecule has 0 fully saturated rings. The standard InChI is InChI=1S/C10H13NO2/c1-7-9(6-12)4-3-5-10(7)11-8(2)13/h3-5,12H,6H2,1-2H3,(H,11,13). The summed E-state index contributed by atoms with van der Waals surface area (Å²) in [7, 11) is 0. The second kappa shape index (κ2) is 4.05. The van der Waals surface area contributed by atoms with E-state index in [0.717, 1.165) is 16.8 Å². The fourth-order valence-corrected chi connectivity index (χ4v) is 1.18. The van der Waals surface area contributed by atoms with E-state index in [1.165, 1.54) is 6.92 Å². The first-order valence-corrected chi connectivity index (χ1v) is 4.12. The highest BCUT2D eigenvalue weighted by Gasteiger charge is 2.03. The Morgan fingerprint density at radius 3 is 2.77 bits per heavy atom. The Morgan fingerprint density at radius 1 is 1.54 bits per heavy atom. The first-order chi connectivity index (χ1) is 6.15. The molecule has 13 heavy (non-hydrogen) atoms. The molecule has 0 aromatic heterocycles. The van der Waals surface area contributed by atoms with Crippen LogP contribution in [-0.4, -0.2) is 11.0 Å². The van der Waals surface area contributed by atoms with Crippen molar-refractivity contribution in [1.82, 2.24) is 0 Å². The Kier molecular flexibility index (Phi) is 3.03. The number of amides is 1. The molecule has 0 aliphatic heterocycles. The van der Waals surface area contributed by atoms with E-state index < -0.39 is 0 Å². The van der Waals surface area contributed by atoms with Gasteiger partial charge in [0.1, 0.15) is 0 Å². The Labute approximate surface area is 77.4 Å². The van der Waals surface area contributed by atoms with Gasteiger partial charge in [0.15, 0.2) is 0 Å². The lowest BCUT2D eigenvalue weighted by Crippen LogP contribution is -2.08. The van der Waals surface area contributed by atoms with Crippen molar-refractivity contribution in [2.75, 3.05) is 5.32 Å². The molecule has 2 N–H and O–H groups in total. The van der Waals surface area contributed by atoms with Crippen LogP contribution in [0.3, 0.4) is 0 Å². The summed E-state index contributed by atoms with van der Waals surface area (Å²) < 4.78 is 0. The predicted molar refractivity (Wildman–Crippen MR) is 51.4 cm³/mol. The summed E-state index contributed by atoms with van der Waals surface area (Å²) >= 11 is 0. The van der Waals surface area contributed by atoms with E-state index in [2.05, 4.69) is 5.32 Å². The van der Waals surface area contributed by atoms with E-state index in [4.69, 9.17) is 5.11 Å². The van der Waals surface area contributed by atoms with Crippen LogP contribution in [-0.2, 0) is 11.4 Å². The third-order valence-electron chi connectivity index (χ3n) is 1.93. The van der Waals surface area contributed by atoms with Gasteiger partial charge < -0.3 is 10.4 Å². The number of carbonyl (C=O) groups is 1. The molecule has 70 valence electrons. The van der Waals surface area contributed by atoms with Crippen LogP contribution in [0.15, 0.2) is 18.2 Å². The molecule has 1 rings (SSSR count). The zero-order chi connectivity index (χ0) is 9.84. The van der Waals surface area contributed by atoms with E-state index in [-0.39, 0.29) is 12.5 Å². The lowest BCUT2D eigenvalue weighted by molar-refractivity contribution is -0.114. The molecule has 0 atom stereocenters. The molecule has 0 spiro atoms. The fourth-order valence-electron chi connectivity index (χ4n) is 1.18. The largest absolute Gasteiger partial charge is 0.392 e. The lowest BCUT2D eigenvalue weighted by atomic mass is 10.1. The average molecular weight is 179 g/mol. The molecule has 0 bridgehead atoms. The van der Waals surface area contributed by atoms with Crippen molar-refractivity contribution in [2.24, 2.45) is 0 Å². The van der Waals surface area contributed by atoms with Crippen molar-refractivity contribution in [3.8, 4) is 0 Å². The number of rotatable bonds is 2. The van der Waals surface area contributed by atoms with E-state index in [1.807, 2.05) is 25.1 Å². The molecule has 0 saturated carbocycles. The minimum absolute atomic E-state index is 0.000736. The second-order valence-corrected chi connectivity index (χ2v) is 2.93. The third kappa shape index (κ3) is 2.29. The smallest absolute Gasteiger partial charge is 0.221 e. The summed E-state index contributed by atoms with van der Waals surface area (Å²) in [6, 6.07) is 5.46. The Bertz CT molecular complexity index is 321. The first kappa shape index (κ1) is 9.74. The average Bonchev–Trinajstić information content (AvgIpc) is 2.08. The SMILES string of the molecule is CC(=O)Nc1cccc(CO)c1C. The van der Waals surface area contributed by atoms with E-state index in [1.54, 1.807) is 0 Å². The molecule has 1 amide bonds. The summed E-state index contributed by atoms with van der Waals surface area (Å²) in [5.74, 6) is -0.0989. The number of benzene rings is 1. The van der Waals surface area contributed by atoms with E-state index >= 15 is 0 Å². The molecule has 0 radical (unpaired) electrons. The number of hydrogen-bond acceptors (Lipinski definition) is 2. The van der Waals surface area contributed by atoms with Crippen LogP contribution >= 0.6 is 0 Å². The highest BCUT2D eigenvalue weighted by molar-refractivity contribution is 5.89. The number of aliphatic hydroxyl groups is 1. The van der Waals surface area contributed by atoms with Gasteiger partial charge >= 0.3 is 0 Å². The quantitative estimate of drug-likeness (QED) is 0.721. The van der Waals surface area contributed by atoms with Crippen molar-refractivity contribution < 1.29 is 9.90 Å². The van der Waals surface area contributed by atoms with Gasteiger partial charge in [-0.2, -0.15) is 0 Å². The molecular formula is C10H13NO2. The molecule has 1 aromatic carbocycles. The molecule has 0 aliphatic carbocycles. The van der Waals surface area contributed by atoms with Crippen molar-refractivity contribution >= 4 is 11.6 Å². The van der Waals surface area contributed by atoms with Crippen LogP contribution in [0.2, 0.25) is 0 Å². The maximum absolute atomic E-state index is 10.8. The van der Waals surface area contributed by atoms with Crippen LogP contribution in [0.1, 0.15) is 18.1 Å². The minimum Gasteiger partial charge on any atom is -0.392 e. The van der Waals surface area contributed by atoms with Gasteiger partial charge in [-0.25, -0.2) is 0 Å². The van der Waals surface area contributed by atoms with Gasteiger partial charge in [-0.1, -0.05) is 12.1 Å². The maximum atomic E-state index is 10.8. The van der Waals surface area contributed by atoms with Crippen molar-refractivity contribution in [3.05, 3.63) is 29.3 Å². The van der Waals surface area contributed by atoms with Gasteiger partial charge in [0.25, 0.3) is 0 Å². The van der Waals surface area contributed by atoms with Gasteiger partial charge in [-0.15, -0.1) is 0 Å². The highest BCUT2D eigenvalue weighted by atomic mass is 16.3. The number of carbonyl (C=O) groups excluding carboxylic acids is 1. The van der Waals surface area contributed by atoms with E-state index in [0.29, 0.717) is 0 Å². The molecule has 1 aromatic rings. The Morgan fingerprint density at radius 2 is 2.23 bits per heavy atom. The molecular weight excluding hydrogens is 166 g/mol. The highest BCUT2D eigenvalue weighted by Crippen LogP contribution is 2.18. The number of hydrogen-bond donors (Lipinski definition) is 2. The molecule has 0 unspecified atom stereocenters. The first-order valence-electron chi connectivity index (χ1n) is 4.12. The third-order valence-corrected chi connectivity index (χ3v) is 1.93. The van der Waals surface area contributed by atoms with Crippen LogP contribution in [0.5, 0.6) is 0 Å². The monoisotopic (exact) mass is 179 g/mol. The number of nitrogens with one attached hydrogen (secondary N) is 1. The van der Waals surface area contributed by atoms with Crippen molar-refractivity contribution in [3.63, 3.8) is 0 Å². The fraction of sp³-hybridized carbons (Fsp3) is 0.300. The summed E-state index contributed by atoms with van der Waals surface area (Å²) in [5.41, 5.74) is 2.52. The number of aliphatic hydroxyl groups excluding tert-OH is 1. The Hall–Kier alpha value is -1.35. The predicted octanol–water partition coefficient (Wildman–Crippen LogP) is 1.45. The normalized spacial score (nSPS) is 9.77. The Balaban J connectivity index is 3.01. The second-order valence-electron chi connectivity index (χ2n) is 2.93.